The highest BCUT2D eigenvalue weighted by molar-refractivity contribution is 7.91. The second-order valence-electron chi connectivity index (χ2n) is 22.2. The van der Waals surface area contributed by atoms with Crippen molar-refractivity contribution in [3.05, 3.63) is 0 Å². The molecule has 2 unspecified atom stereocenters. The van der Waals surface area contributed by atoms with Crippen LogP contribution in [0.15, 0.2) is 0 Å². The number of carbonyl (C=O) groups excluding carboxylic acids is 1. The monoisotopic (exact) mass is 775 g/mol. The third kappa shape index (κ3) is 6.44. The Hall–Kier alpha value is -1.23. The largest absolute Gasteiger partial charge is 0.481 e. The number of nitrogens with one attached hydrogen (secondary N) is 1. The van der Waals surface area contributed by atoms with E-state index in [9.17, 15) is 28.2 Å². The van der Waals surface area contributed by atoms with Crippen LogP contribution in [0.2, 0.25) is 0 Å². The number of aliphatic hydroxyl groups is 1. The SMILES string of the molecule is CC(O)C(CN[C@]12CC[C@@H](C3(C)CC3)[C@@H]1[C@H]1CC[C@@H]3[C@@]4(C)CC[C@H](OC(=O)CC(C)(C)C(=O)O)C(C)(C)[C@@H]4CC[C@@]3(C)[C@]1(C)CC2)N1CCS(=O)(=O)CC1. The van der Waals surface area contributed by atoms with Crippen molar-refractivity contribution in [1.29, 1.82) is 0 Å². The van der Waals surface area contributed by atoms with Gasteiger partial charge in [0.05, 0.1) is 29.4 Å². The Morgan fingerprint density at radius 3 is 2.11 bits per heavy atom. The van der Waals surface area contributed by atoms with Crippen molar-refractivity contribution in [1.82, 2.24) is 10.2 Å². The second-order valence-corrected chi connectivity index (χ2v) is 24.5. The summed E-state index contributed by atoms with van der Waals surface area (Å²) in [5, 5.41) is 24.9. The molecular formula is C44H74N2O7S. The molecule has 0 aromatic rings. The van der Waals surface area contributed by atoms with Gasteiger partial charge in [-0.1, -0.05) is 41.5 Å². The first-order chi connectivity index (χ1) is 24.9. The van der Waals surface area contributed by atoms with Gasteiger partial charge in [0.15, 0.2) is 9.84 Å². The first-order valence-corrected chi connectivity index (χ1v) is 23.6. The smallest absolute Gasteiger partial charge is 0.309 e. The predicted octanol–water partition coefficient (Wildman–Crippen LogP) is 7.10. The topological polar surface area (TPSA) is 133 Å². The first kappa shape index (κ1) is 40.9. The van der Waals surface area contributed by atoms with Gasteiger partial charge in [0.1, 0.15) is 6.10 Å². The second kappa shape index (κ2) is 13.4. The molecule has 6 saturated carbocycles. The first-order valence-electron chi connectivity index (χ1n) is 21.8. The van der Waals surface area contributed by atoms with E-state index in [1.165, 1.54) is 51.4 Å². The summed E-state index contributed by atoms with van der Waals surface area (Å²) in [5.74, 6) is 1.97. The number of ether oxygens (including phenoxy) is 1. The summed E-state index contributed by atoms with van der Waals surface area (Å²) in [6.07, 6.45) is 13.3. The van der Waals surface area contributed by atoms with E-state index in [1.54, 1.807) is 13.8 Å². The van der Waals surface area contributed by atoms with E-state index in [4.69, 9.17) is 4.74 Å². The number of carbonyl (C=O) groups is 2. The highest BCUT2D eigenvalue weighted by Gasteiger charge is 2.72. The van der Waals surface area contributed by atoms with Gasteiger partial charge in [-0.15, -0.1) is 0 Å². The Bertz CT molecular complexity index is 1580. The van der Waals surface area contributed by atoms with Gasteiger partial charge in [-0.3, -0.25) is 14.5 Å². The summed E-state index contributed by atoms with van der Waals surface area (Å²) >= 11 is 0. The van der Waals surface area contributed by atoms with Gasteiger partial charge < -0.3 is 20.3 Å². The molecule has 6 aliphatic carbocycles. The van der Waals surface area contributed by atoms with E-state index < -0.39 is 33.3 Å². The van der Waals surface area contributed by atoms with Crippen molar-refractivity contribution in [2.45, 2.75) is 170 Å². The molecule has 12 atom stereocenters. The van der Waals surface area contributed by atoms with Crippen LogP contribution in [-0.4, -0.2) is 90.4 Å². The van der Waals surface area contributed by atoms with Crippen LogP contribution in [0.4, 0.5) is 0 Å². The number of carboxylic acids is 1. The summed E-state index contributed by atoms with van der Waals surface area (Å²) in [6.45, 7) is 21.9. The molecule has 54 heavy (non-hydrogen) atoms. The van der Waals surface area contributed by atoms with E-state index in [2.05, 4.69) is 51.8 Å². The average Bonchev–Trinajstić information content (AvgIpc) is 3.69. The highest BCUT2D eigenvalue weighted by Crippen LogP contribution is 2.77. The van der Waals surface area contributed by atoms with Crippen molar-refractivity contribution in [3.8, 4) is 0 Å². The predicted molar refractivity (Wildman–Crippen MR) is 211 cm³/mol. The number of fused-ring (bicyclic) bond motifs is 7. The molecule has 3 N–H and O–H groups in total. The van der Waals surface area contributed by atoms with E-state index in [0.717, 1.165) is 25.7 Å². The molecule has 10 heteroatoms. The van der Waals surface area contributed by atoms with Gasteiger partial charge in [-0.25, -0.2) is 8.42 Å². The number of sulfone groups is 1. The zero-order valence-corrected chi connectivity index (χ0v) is 36.0. The normalized spacial score (nSPS) is 44.8. The Morgan fingerprint density at radius 1 is 0.833 bits per heavy atom. The van der Waals surface area contributed by atoms with Crippen LogP contribution in [0.5, 0.6) is 0 Å². The fraction of sp³-hybridized carbons (Fsp3) is 0.955. The van der Waals surface area contributed by atoms with Crippen molar-refractivity contribution in [3.63, 3.8) is 0 Å². The Morgan fingerprint density at radius 2 is 1.50 bits per heavy atom. The molecule has 1 heterocycles. The molecule has 0 spiro atoms. The quantitative estimate of drug-likeness (QED) is 0.199. The molecule has 7 aliphatic rings. The lowest BCUT2D eigenvalue weighted by Crippen LogP contribution is -2.69. The standard InChI is InChI=1S/C44H74N2O7S/c1-28(47)31(46-22-24-54(51,52)25-23-46)27-45-44-17-12-29(40(6)18-19-40)36(44)30-10-11-33-41(7)15-14-34(53-35(48)26-38(2,3)37(49)50)39(4,5)32(41)13-16-43(33,9)42(30,8)20-21-44/h28-34,36,45,47H,10-27H2,1-9H3,(H,49,50)/t28?,29-,30-,31?,32+,33-,34+,36-,41+,42-,43-,44+/m1/s1. The number of rotatable bonds is 10. The number of esters is 1. The summed E-state index contributed by atoms with van der Waals surface area (Å²) in [7, 11) is -2.99. The summed E-state index contributed by atoms with van der Waals surface area (Å²) in [4.78, 5) is 27.1. The molecule has 308 valence electrons. The summed E-state index contributed by atoms with van der Waals surface area (Å²) in [5.41, 5.74) is -0.296. The van der Waals surface area contributed by atoms with Crippen LogP contribution in [0.1, 0.15) is 146 Å². The van der Waals surface area contributed by atoms with Crippen molar-refractivity contribution in [2.24, 2.45) is 62.1 Å². The fourth-order valence-electron chi connectivity index (χ4n) is 15.0. The molecule has 0 amide bonds. The van der Waals surface area contributed by atoms with E-state index >= 15 is 0 Å². The molecule has 0 bridgehead atoms. The van der Waals surface area contributed by atoms with Gasteiger partial charge in [-0.2, -0.15) is 0 Å². The number of nitrogens with zero attached hydrogens (tertiary/aromatic N) is 1. The number of hydrogen-bond acceptors (Lipinski definition) is 8. The van der Waals surface area contributed by atoms with E-state index in [1.807, 2.05) is 6.92 Å². The van der Waals surface area contributed by atoms with Gasteiger partial charge in [-0.05, 0) is 149 Å². The summed E-state index contributed by atoms with van der Waals surface area (Å²) < 4.78 is 30.8. The van der Waals surface area contributed by atoms with Gasteiger partial charge in [0.2, 0.25) is 0 Å². The maximum Gasteiger partial charge on any atom is 0.309 e. The molecule has 0 radical (unpaired) electrons. The Kier molecular flexibility index (Phi) is 10.2. The van der Waals surface area contributed by atoms with Crippen LogP contribution in [0, 0.1) is 62.1 Å². The molecule has 1 saturated heterocycles. The molecule has 0 aromatic heterocycles. The lowest BCUT2D eigenvalue weighted by Gasteiger charge is -2.73. The minimum atomic E-state index is -2.99. The fourth-order valence-corrected chi connectivity index (χ4v) is 16.3. The highest BCUT2D eigenvalue weighted by atomic mass is 32.2. The maximum atomic E-state index is 13.1. The van der Waals surface area contributed by atoms with Crippen LogP contribution < -0.4 is 5.32 Å². The molecule has 0 aromatic carbocycles. The van der Waals surface area contributed by atoms with E-state index in [-0.39, 0.29) is 57.3 Å². The van der Waals surface area contributed by atoms with Crippen molar-refractivity contribution in [2.75, 3.05) is 31.1 Å². The molecule has 7 rings (SSSR count). The number of carboxylic acid groups (broad SMARTS) is 1. The van der Waals surface area contributed by atoms with Crippen LogP contribution in [-0.2, 0) is 24.2 Å². The van der Waals surface area contributed by atoms with E-state index in [0.29, 0.717) is 54.6 Å². The number of aliphatic carboxylic acids is 1. The average molecular weight is 775 g/mol. The third-order valence-corrected chi connectivity index (χ3v) is 20.4. The minimum Gasteiger partial charge on any atom is -0.481 e. The third-order valence-electron chi connectivity index (χ3n) is 18.8. The van der Waals surface area contributed by atoms with Crippen molar-refractivity contribution < 1.29 is 33.0 Å². The summed E-state index contributed by atoms with van der Waals surface area (Å²) in [6, 6.07) is -0.0932. The van der Waals surface area contributed by atoms with Gasteiger partial charge >= 0.3 is 11.9 Å². The Labute approximate surface area is 326 Å². The van der Waals surface area contributed by atoms with Crippen LogP contribution in [0.25, 0.3) is 0 Å². The van der Waals surface area contributed by atoms with Gasteiger partial charge in [0.25, 0.3) is 0 Å². The molecule has 1 aliphatic heterocycles. The lowest BCUT2D eigenvalue weighted by atomic mass is 9.32. The number of hydrogen-bond donors (Lipinski definition) is 3. The van der Waals surface area contributed by atoms with Crippen molar-refractivity contribution >= 4 is 21.8 Å². The Balaban J connectivity index is 1.13. The minimum absolute atomic E-state index is 0.0544. The van der Waals surface area contributed by atoms with Crippen LogP contribution >= 0.6 is 0 Å². The lowest BCUT2D eigenvalue weighted by molar-refractivity contribution is -0.248. The number of aliphatic hydroxyl groups excluding tert-OH is 1. The molecule has 9 nitrogen and oxygen atoms in total. The zero-order chi connectivity index (χ0) is 39.5. The zero-order valence-electron chi connectivity index (χ0n) is 35.1. The van der Waals surface area contributed by atoms with Crippen LogP contribution in [0.3, 0.4) is 0 Å². The van der Waals surface area contributed by atoms with Gasteiger partial charge in [0, 0.05) is 36.6 Å². The maximum absolute atomic E-state index is 13.1. The molecular weight excluding hydrogens is 701 g/mol. The molecule has 7 fully saturated rings.